The summed E-state index contributed by atoms with van der Waals surface area (Å²) in [5.41, 5.74) is 3.88. The van der Waals surface area contributed by atoms with Gasteiger partial charge >= 0.3 is 0 Å². The third-order valence-electron chi connectivity index (χ3n) is 4.02. The Hall–Kier alpha value is -2.33. The number of carbonyl (C=O) groups excluding carboxylic acids is 2. The lowest BCUT2D eigenvalue weighted by Gasteiger charge is -2.23. The van der Waals surface area contributed by atoms with Crippen molar-refractivity contribution in [3.05, 3.63) is 64.2 Å². The van der Waals surface area contributed by atoms with Crippen LogP contribution in [0.2, 0.25) is 5.02 Å². The van der Waals surface area contributed by atoms with Crippen LogP contribution in [0.25, 0.3) is 0 Å². The molecule has 0 saturated carbocycles. The van der Waals surface area contributed by atoms with Crippen molar-refractivity contribution in [2.24, 2.45) is 0 Å². The molecule has 0 saturated heterocycles. The van der Waals surface area contributed by atoms with Crippen LogP contribution in [0.1, 0.15) is 30.0 Å². The maximum absolute atomic E-state index is 12.1. The lowest BCUT2D eigenvalue weighted by atomic mass is 10.1. The van der Waals surface area contributed by atoms with E-state index in [0.717, 1.165) is 22.4 Å². The molecule has 4 nitrogen and oxygen atoms in total. The summed E-state index contributed by atoms with van der Waals surface area (Å²) in [4.78, 5) is 25.8. The molecule has 0 aliphatic carbocycles. The van der Waals surface area contributed by atoms with Gasteiger partial charge in [-0.3, -0.25) is 9.59 Å². The van der Waals surface area contributed by atoms with Crippen LogP contribution in [0.15, 0.2) is 42.5 Å². The lowest BCUT2D eigenvalue weighted by Crippen LogP contribution is -2.34. The predicted octanol–water partition coefficient (Wildman–Crippen LogP) is 4.02. The van der Waals surface area contributed by atoms with Gasteiger partial charge in [0.15, 0.2) is 0 Å². The molecule has 5 heteroatoms. The van der Waals surface area contributed by atoms with Crippen molar-refractivity contribution in [3.63, 3.8) is 0 Å². The number of aryl methyl sites for hydroxylation is 2. The Morgan fingerprint density at radius 2 is 1.84 bits per heavy atom. The summed E-state index contributed by atoms with van der Waals surface area (Å²) in [6.45, 7) is 6.21. The normalized spacial score (nSPS) is 10.4. The van der Waals surface area contributed by atoms with E-state index in [1.807, 2.05) is 50.2 Å². The number of nitrogens with zero attached hydrogens (tertiary/aromatic N) is 1. The Balaban J connectivity index is 1.95. The maximum Gasteiger partial charge on any atom is 0.223 e. The van der Waals surface area contributed by atoms with Gasteiger partial charge in [0.05, 0.1) is 0 Å². The molecule has 2 rings (SSSR count). The minimum atomic E-state index is -0.115. The van der Waals surface area contributed by atoms with Crippen molar-refractivity contribution in [3.8, 4) is 0 Å². The minimum Gasteiger partial charge on any atom is -0.352 e. The fraction of sp³-hybridized carbons (Fsp3) is 0.300. The van der Waals surface area contributed by atoms with Crippen molar-refractivity contribution in [1.29, 1.82) is 0 Å². The smallest absolute Gasteiger partial charge is 0.223 e. The Bertz CT molecular complexity index is 774. The highest BCUT2D eigenvalue weighted by molar-refractivity contribution is 6.31. The number of hydrogen-bond donors (Lipinski definition) is 1. The molecule has 0 atom stereocenters. The average molecular weight is 359 g/mol. The SMILES string of the molecule is CC(=O)N(CCC(=O)NCc1ccccc1Cl)c1ccc(C)cc1C. The van der Waals surface area contributed by atoms with Crippen LogP contribution in [0.4, 0.5) is 5.69 Å². The summed E-state index contributed by atoms with van der Waals surface area (Å²) in [5.74, 6) is -0.193. The first-order valence-corrected chi connectivity index (χ1v) is 8.61. The fourth-order valence-electron chi connectivity index (χ4n) is 2.69. The molecule has 0 radical (unpaired) electrons. The van der Waals surface area contributed by atoms with E-state index in [1.165, 1.54) is 6.92 Å². The van der Waals surface area contributed by atoms with Gasteiger partial charge in [0.1, 0.15) is 0 Å². The average Bonchev–Trinajstić information content (AvgIpc) is 2.55. The second-order valence-electron chi connectivity index (χ2n) is 6.08. The lowest BCUT2D eigenvalue weighted by molar-refractivity contribution is -0.121. The van der Waals surface area contributed by atoms with Crippen molar-refractivity contribution in [2.45, 2.75) is 33.7 Å². The molecule has 0 spiro atoms. The van der Waals surface area contributed by atoms with E-state index in [4.69, 9.17) is 11.6 Å². The monoisotopic (exact) mass is 358 g/mol. The number of carbonyl (C=O) groups is 2. The number of amides is 2. The first kappa shape index (κ1) is 19.0. The highest BCUT2D eigenvalue weighted by Crippen LogP contribution is 2.21. The summed E-state index contributed by atoms with van der Waals surface area (Å²) in [7, 11) is 0. The van der Waals surface area contributed by atoms with Gasteiger partial charge in [-0.05, 0) is 37.1 Å². The van der Waals surface area contributed by atoms with E-state index in [-0.39, 0.29) is 18.2 Å². The molecule has 0 unspecified atom stereocenters. The minimum absolute atomic E-state index is 0.0779. The van der Waals surface area contributed by atoms with E-state index in [1.54, 1.807) is 11.0 Å². The van der Waals surface area contributed by atoms with Gasteiger partial charge in [-0.25, -0.2) is 0 Å². The summed E-state index contributed by atoms with van der Waals surface area (Å²) >= 11 is 6.08. The molecule has 0 bridgehead atoms. The number of hydrogen-bond acceptors (Lipinski definition) is 2. The van der Waals surface area contributed by atoms with Gasteiger partial charge < -0.3 is 10.2 Å². The topological polar surface area (TPSA) is 49.4 Å². The molecule has 2 aromatic carbocycles. The van der Waals surface area contributed by atoms with E-state index in [2.05, 4.69) is 5.32 Å². The molecule has 0 heterocycles. The van der Waals surface area contributed by atoms with Gasteiger partial charge in [-0.1, -0.05) is 47.5 Å². The number of anilines is 1. The van der Waals surface area contributed by atoms with Gasteiger partial charge in [0.25, 0.3) is 0 Å². The Kier molecular flexibility index (Phi) is 6.59. The fourth-order valence-corrected chi connectivity index (χ4v) is 2.90. The van der Waals surface area contributed by atoms with Gasteiger partial charge in [0.2, 0.25) is 11.8 Å². The molecule has 25 heavy (non-hydrogen) atoms. The molecule has 0 aliphatic rings. The van der Waals surface area contributed by atoms with Crippen LogP contribution in [0.5, 0.6) is 0 Å². The third kappa shape index (κ3) is 5.33. The Labute approximate surface area is 153 Å². The number of rotatable bonds is 6. The van der Waals surface area contributed by atoms with Crippen LogP contribution in [-0.4, -0.2) is 18.4 Å². The standard InChI is InChI=1S/C20H23ClN2O2/c1-14-8-9-19(15(2)12-14)23(16(3)24)11-10-20(25)22-13-17-6-4-5-7-18(17)21/h4-9,12H,10-11,13H2,1-3H3,(H,22,25). The van der Waals surface area contributed by atoms with Gasteiger partial charge in [0, 0.05) is 37.1 Å². The molecular formula is C20H23ClN2O2. The zero-order valence-corrected chi connectivity index (χ0v) is 15.6. The van der Waals surface area contributed by atoms with E-state index < -0.39 is 0 Å². The van der Waals surface area contributed by atoms with Crippen LogP contribution < -0.4 is 10.2 Å². The van der Waals surface area contributed by atoms with Crippen LogP contribution in [0.3, 0.4) is 0 Å². The molecule has 0 fully saturated rings. The Morgan fingerprint density at radius 3 is 2.48 bits per heavy atom. The van der Waals surface area contributed by atoms with E-state index in [9.17, 15) is 9.59 Å². The molecule has 1 N–H and O–H groups in total. The third-order valence-corrected chi connectivity index (χ3v) is 4.39. The Morgan fingerprint density at radius 1 is 1.12 bits per heavy atom. The van der Waals surface area contributed by atoms with Crippen LogP contribution in [0, 0.1) is 13.8 Å². The van der Waals surface area contributed by atoms with Crippen molar-refractivity contribution >= 4 is 29.1 Å². The first-order chi connectivity index (χ1) is 11.9. The summed E-state index contributed by atoms with van der Waals surface area (Å²) in [5, 5.41) is 3.48. The van der Waals surface area contributed by atoms with Crippen molar-refractivity contribution < 1.29 is 9.59 Å². The largest absolute Gasteiger partial charge is 0.352 e. The zero-order valence-electron chi connectivity index (χ0n) is 14.8. The second kappa shape index (κ2) is 8.67. The molecule has 0 aromatic heterocycles. The van der Waals surface area contributed by atoms with Crippen LogP contribution >= 0.6 is 11.6 Å². The molecule has 132 valence electrons. The highest BCUT2D eigenvalue weighted by atomic mass is 35.5. The number of nitrogens with one attached hydrogen (secondary N) is 1. The van der Waals surface area contributed by atoms with E-state index in [0.29, 0.717) is 18.1 Å². The van der Waals surface area contributed by atoms with Crippen molar-refractivity contribution in [1.82, 2.24) is 5.32 Å². The quantitative estimate of drug-likeness (QED) is 0.848. The molecular weight excluding hydrogens is 336 g/mol. The summed E-state index contributed by atoms with van der Waals surface area (Å²) in [6, 6.07) is 13.3. The molecule has 2 amide bonds. The zero-order chi connectivity index (χ0) is 18.4. The highest BCUT2D eigenvalue weighted by Gasteiger charge is 2.15. The van der Waals surface area contributed by atoms with E-state index >= 15 is 0 Å². The number of halogens is 1. The van der Waals surface area contributed by atoms with Gasteiger partial charge in [-0.15, -0.1) is 0 Å². The summed E-state index contributed by atoms with van der Waals surface area (Å²) < 4.78 is 0. The molecule has 0 aliphatic heterocycles. The van der Waals surface area contributed by atoms with Crippen molar-refractivity contribution in [2.75, 3.05) is 11.4 Å². The summed E-state index contributed by atoms with van der Waals surface area (Å²) in [6.07, 6.45) is 0.233. The molecule has 2 aromatic rings. The predicted molar refractivity (Wildman–Crippen MR) is 102 cm³/mol. The first-order valence-electron chi connectivity index (χ1n) is 8.24. The van der Waals surface area contributed by atoms with Gasteiger partial charge in [-0.2, -0.15) is 0 Å². The number of benzene rings is 2. The van der Waals surface area contributed by atoms with Crippen LogP contribution in [-0.2, 0) is 16.1 Å². The maximum atomic E-state index is 12.1. The second-order valence-corrected chi connectivity index (χ2v) is 6.49.